The van der Waals surface area contributed by atoms with Gasteiger partial charge in [-0.25, -0.2) is 10.4 Å². The topological polar surface area (TPSA) is 72.8 Å². The van der Waals surface area contributed by atoms with Gasteiger partial charge in [0, 0.05) is 27.1 Å². The summed E-state index contributed by atoms with van der Waals surface area (Å²) in [5.41, 5.74) is 8.04. The Labute approximate surface area is 250 Å². The van der Waals surface area contributed by atoms with Crippen molar-refractivity contribution in [3.8, 4) is 22.8 Å². The summed E-state index contributed by atoms with van der Waals surface area (Å²) in [6, 6.07) is 30.5. The van der Waals surface area contributed by atoms with E-state index in [2.05, 4.69) is 17.1 Å². The number of carbonyl (C=O) groups is 1. The number of fused-ring (bicyclic) bond motifs is 1. The first-order valence-electron chi connectivity index (χ1n) is 13.6. The Morgan fingerprint density at radius 2 is 1.71 bits per heavy atom. The maximum atomic E-state index is 13.4. The van der Waals surface area contributed by atoms with E-state index in [1.165, 1.54) is 0 Å². The molecule has 0 atom stereocenters. The summed E-state index contributed by atoms with van der Waals surface area (Å²) < 4.78 is 12.1. The van der Waals surface area contributed by atoms with E-state index in [1.54, 1.807) is 18.4 Å². The molecule has 6 nitrogen and oxygen atoms in total. The predicted molar refractivity (Wildman–Crippen MR) is 170 cm³/mol. The number of allylic oxidation sites excluding steroid dienone is 1. The van der Waals surface area contributed by atoms with E-state index >= 15 is 0 Å². The van der Waals surface area contributed by atoms with Crippen molar-refractivity contribution in [2.75, 3.05) is 6.61 Å². The average Bonchev–Trinajstić information content (AvgIpc) is 3.01. The number of hydrogen-bond donors (Lipinski definition) is 1. The van der Waals surface area contributed by atoms with Gasteiger partial charge in [-0.05, 0) is 49.2 Å². The highest BCUT2D eigenvalue weighted by atomic mass is 35.5. The van der Waals surface area contributed by atoms with Gasteiger partial charge in [0.25, 0.3) is 5.91 Å². The Hall–Kier alpha value is -4.94. The van der Waals surface area contributed by atoms with E-state index in [9.17, 15) is 4.79 Å². The van der Waals surface area contributed by atoms with Crippen LogP contribution in [0, 0.1) is 0 Å². The highest BCUT2D eigenvalue weighted by Gasteiger charge is 2.16. The SMILES string of the molecule is C=CCc1cc(/C=N/NC(=O)c2cc(-c3ccccc3)nc3ccccc23)cc(OCC)c1OCc1ccccc1Cl. The smallest absolute Gasteiger partial charge is 0.272 e. The first-order chi connectivity index (χ1) is 20.6. The zero-order valence-electron chi connectivity index (χ0n) is 23.2. The van der Waals surface area contributed by atoms with Crippen molar-refractivity contribution in [3.63, 3.8) is 0 Å². The summed E-state index contributed by atoms with van der Waals surface area (Å²) in [7, 11) is 0. The highest BCUT2D eigenvalue weighted by Crippen LogP contribution is 2.35. The Kier molecular flexibility index (Phi) is 9.27. The van der Waals surface area contributed by atoms with Gasteiger partial charge < -0.3 is 9.47 Å². The fraction of sp³-hybridized carbons (Fsp3) is 0.114. The lowest BCUT2D eigenvalue weighted by Gasteiger charge is -2.17. The number of carbonyl (C=O) groups excluding carboxylic acids is 1. The van der Waals surface area contributed by atoms with Gasteiger partial charge in [0.2, 0.25) is 0 Å². The number of hydrazone groups is 1. The predicted octanol–water partition coefficient (Wildman–Crippen LogP) is 8.03. The van der Waals surface area contributed by atoms with Crippen molar-refractivity contribution in [1.82, 2.24) is 10.4 Å². The second-order valence-electron chi connectivity index (χ2n) is 9.45. The minimum atomic E-state index is -0.335. The minimum absolute atomic E-state index is 0.290. The third-order valence-electron chi connectivity index (χ3n) is 6.56. The molecular formula is C35H30ClN3O3. The number of rotatable bonds is 11. The molecule has 0 fully saturated rings. The molecule has 0 aliphatic heterocycles. The number of ether oxygens (including phenoxy) is 2. The third-order valence-corrected chi connectivity index (χ3v) is 6.93. The molecule has 0 spiro atoms. The molecule has 0 saturated carbocycles. The number of aromatic nitrogens is 1. The first kappa shape index (κ1) is 28.6. The van der Waals surface area contributed by atoms with E-state index in [4.69, 9.17) is 26.1 Å². The molecule has 1 amide bonds. The molecule has 210 valence electrons. The van der Waals surface area contributed by atoms with Gasteiger partial charge in [-0.15, -0.1) is 6.58 Å². The summed E-state index contributed by atoms with van der Waals surface area (Å²) in [5, 5.41) is 5.66. The van der Waals surface area contributed by atoms with Crippen molar-refractivity contribution in [2.45, 2.75) is 20.0 Å². The molecule has 0 aliphatic carbocycles. The van der Waals surface area contributed by atoms with Crippen LogP contribution < -0.4 is 14.9 Å². The molecule has 5 aromatic rings. The molecule has 4 aromatic carbocycles. The molecule has 0 aliphatic rings. The lowest BCUT2D eigenvalue weighted by molar-refractivity contribution is 0.0956. The van der Waals surface area contributed by atoms with Crippen LogP contribution in [-0.4, -0.2) is 23.7 Å². The van der Waals surface area contributed by atoms with E-state index in [-0.39, 0.29) is 12.5 Å². The van der Waals surface area contributed by atoms with Crippen LogP contribution in [0.15, 0.2) is 115 Å². The number of nitrogens with zero attached hydrogens (tertiary/aromatic N) is 2. The Morgan fingerprint density at radius 3 is 2.50 bits per heavy atom. The standard InChI is InChI=1S/C35H30ClN3O3/c1-3-12-26-19-24(20-33(41-4-2)34(26)42-23-27-15-8-10-17-30(27)36)22-37-39-35(40)29-21-32(25-13-6-5-7-14-25)38-31-18-11-9-16-28(29)31/h3,5-11,13-22H,1,4,12,23H2,2H3,(H,39,40)/b37-22+. The zero-order chi connectivity index (χ0) is 29.3. The molecule has 0 saturated heterocycles. The second kappa shape index (κ2) is 13.6. The van der Waals surface area contributed by atoms with E-state index in [1.807, 2.05) is 97.9 Å². The highest BCUT2D eigenvalue weighted by molar-refractivity contribution is 6.31. The van der Waals surface area contributed by atoms with E-state index in [0.29, 0.717) is 40.8 Å². The molecule has 1 N–H and O–H groups in total. The van der Waals surface area contributed by atoms with Crippen molar-refractivity contribution < 1.29 is 14.3 Å². The first-order valence-corrected chi connectivity index (χ1v) is 14.0. The van der Waals surface area contributed by atoms with Gasteiger partial charge in [-0.3, -0.25) is 4.79 Å². The van der Waals surface area contributed by atoms with Crippen molar-refractivity contribution in [3.05, 3.63) is 137 Å². The summed E-state index contributed by atoms with van der Waals surface area (Å²) in [5.74, 6) is 0.858. The van der Waals surface area contributed by atoms with Crippen LogP contribution in [0.3, 0.4) is 0 Å². The zero-order valence-corrected chi connectivity index (χ0v) is 24.0. The van der Waals surface area contributed by atoms with Crippen molar-refractivity contribution >= 4 is 34.6 Å². The maximum absolute atomic E-state index is 13.4. The average molecular weight is 576 g/mol. The minimum Gasteiger partial charge on any atom is -0.490 e. The van der Waals surface area contributed by atoms with Crippen molar-refractivity contribution in [1.29, 1.82) is 0 Å². The second-order valence-corrected chi connectivity index (χ2v) is 9.86. The number of nitrogens with one attached hydrogen (secondary N) is 1. The van der Waals surface area contributed by atoms with Crippen molar-refractivity contribution in [2.24, 2.45) is 5.10 Å². The summed E-state index contributed by atoms with van der Waals surface area (Å²) in [6.45, 7) is 6.55. The van der Waals surface area contributed by atoms with Crippen LogP contribution in [0.25, 0.3) is 22.2 Å². The maximum Gasteiger partial charge on any atom is 0.272 e. The van der Waals surface area contributed by atoms with Gasteiger partial charge in [-0.1, -0.05) is 84.4 Å². The third kappa shape index (κ3) is 6.67. The van der Waals surface area contributed by atoms with Crippen LogP contribution in [0.5, 0.6) is 11.5 Å². The fourth-order valence-corrected chi connectivity index (χ4v) is 4.79. The molecule has 7 heteroatoms. The van der Waals surface area contributed by atoms with Crippen LogP contribution in [0.2, 0.25) is 5.02 Å². The summed E-state index contributed by atoms with van der Waals surface area (Å²) in [6.07, 6.45) is 3.94. The Morgan fingerprint density at radius 1 is 0.952 bits per heavy atom. The van der Waals surface area contributed by atoms with Crippen LogP contribution in [0.4, 0.5) is 0 Å². The van der Waals surface area contributed by atoms with Gasteiger partial charge in [0.1, 0.15) is 6.61 Å². The molecule has 42 heavy (non-hydrogen) atoms. The number of halogens is 1. The fourth-order valence-electron chi connectivity index (χ4n) is 4.60. The lowest BCUT2D eigenvalue weighted by atomic mass is 10.0. The van der Waals surface area contributed by atoms with E-state index in [0.717, 1.165) is 33.2 Å². The summed E-state index contributed by atoms with van der Waals surface area (Å²) >= 11 is 6.33. The normalized spacial score (nSPS) is 11.0. The molecule has 0 bridgehead atoms. The quantitative estimate of drug-likeness (QED) is 0.0983. The van der Waals surface area contributed by atoms with Gasteiger partial charge in [0.05, 0.1) is 29.6 Å². The Bertz CT molecular complexity index is 1750. The molecule has 0 unspecified atom stereocenters. The molecule has 1 aromatic heterocycles. The molecule has 0 radical (unpaired) electrons. The molecule has 5 rings (SSSR count). The Balaban J connectivity index is 1.41. The van der Waals surface area contributed by atoms with Crippen LogP contribution >= 0.6 is 11.6 Å². The lowest BCUT2D eigenvalue weighted by Crippen LogP contribution is -2.18. The number of benzene rings is 4. The molecule has 1 heterocycles. The van der Waals surface area contributed by atoms with Gasteiger partial charge in [0.15, 0.2) is 11.5 Å². The van der Waals surface area contributed by atoms with E-state index < -0.39 is 0 Å². The monoisotopic (exact) mass is 575 g/mol. The largest absolute Gasteiger partial charge is 0.490 e. The number of amides is 1. The van der Waals surface area contributed by atoms with Crippen LogP contribution in [0.1, 0.15) is 34.0 Å². The number of hydrogen-bond acceptors (Lipinski definition) is 5. The van der Waals surface area contributed by atoms with Gasteiger partial charge in [-0.2, -0.15) is 5.10 Å². The van der Waals surface area contributed by atoms with Crippen LogP contribution in [-0.2, 0) is 13.0 Å². The summed E-state index contributed by atoms with van der Waals surface area (Å²) in [4.78, 5) is 18.1. The van der Waals surface area contributed by atoms with Gasteiger partial charge >= 0.3 is 0 Å². The molecular weight excluding hydrogens is 546 g/mol. The number of para-hydroxylation sites is 1. The number of pyridine rings is 1.